The Bertz CT molecular complexity index is 2730. The molecular formula is C87H140O17P2. The van der Waals surface area contributed by atoms with Gasteiger partial charge in [-0.15, -0.1) is 0 Å². The van der Waals surface area contributed by atoms with Gasteiger partial charge in [-0.2, -0.15) is 0 Å². The highest BCUT2D eigenvalue weighted by Gasteiger charge is 2.30. The number of phosphoric ester groups is 2. The van der Waals surface area contributed by atoms with Crippen molar-refractivity contribution in [3.8, 4) is 0 Å². The molecular weight excluding hydrogens is 1380 g/mol. The van der Waals surface area contributed by atoms with Crippen molar-refractivity contribution < 1.29 is 80.2 Å². The van der Waals surface area contributed by atoms with Gasteiger partial charge in [0.25, 0.3) is 0 Å². The van der Waals surface area contributed by atoms with Gasteiger partial charge in [-0.3, -0.25) is 37.3 Å². The normalized spacial score (nSPS) is 14.8. The lowest BCUT2D eigenvalue weighted by atomic mass is 10.1. The summed E-state index contributed by atoms with van der Waals surface area (Å²) < 4.78 is 68.5. The summed E-state index contributed by atoms with van der Waals surface area (Å²) in [5.74, 6) is -2.33. The van der Waals surface area contributed by atoms with Crippen LogP contribution in [-0.2, 0) is 65.4 Å². The van der Waals surface area contributed by atoms with Gasteiger partial charge in [-0.1, -0.05) is 268 Å². The second kappa shape index (κ2) is 77.3. The van der Waals surface area contributed by atoms with Crippen LogP contribution in [0.2, 0.25) is 0 Å². The highest BCUT2D eigenvalue weighted by atomic mass is 31.2. The topological polar surface area (TPSA) is 237 Å². The predicted octanol–water partition coefficient (Wildman–Crippen LogP) is 23.6. The summed E-state index contributed by atoms with van der Waals surface area (Å²) >= 11 is 0. The molecule has 19 heteroatoms. The van der Waals surface area contributed by atoms with Crippen LogP contribution in [0.1, 0.15) is 285 Å². The monoisotopic (exact) mass is 1520 g/mol. The van der Waals surface area contributed by atoms with E-state index >= 15 is 0 Å². The Morgan fingerprint density at radius 2 is 0.500 bits per heavy atom. The smallest absolute Gasteiger partial charge is 0.462 e. The van der Waals surface area contributed by atoms with E-state index in [-0.39, 0.29) is 25.7 Å². The zero-order valence-corrected chi connectivity index (χ0v) is 67.3. The second-order valence-electron chi connectivity index (χ2n) is 25.9. The number of hydrogen-bond acceptors (Lipinski definition) is 15. The molecule has 0 bridgehead atoms. The predicted molar refractivity (Wildman–Crippen MR) is 436 cm³/mol. The molecule has 0 radical (unpaired) electrons. The molecule has 0 spiro atoms. The van der Waals surface area contributed by atoms with Gasteiger partial charge in [-0.25, -0.2) is 9.13 Å². The maximum atomic E-state index is 13.1. The molecule has 0 fully saturated rings. The Hall–Kier alpha value is -5.84. The van der Waals surface area contributed by atoms with Crippen molar-refractivity contribution in [2.45, 2.75) is 303 Å². The van der Waals surface area contributed by atoms with E-state index in [0.717, 1.165) is 173 Å². The Balaban J connectivity index is 5.49. The molecule has 0 amide bonds. The van der Waals surface area contributed by atoms with Crippen LogP contribution in [0.3, 0.4) is 0 Å². The lowest BCUT2D eigenvalue weighted by molar-refractivity contribution is -0.161. The number of phosphoric acid groups is 2. The molecule has 0 aliphatic heterocycles. The molecule has 5 unspecified atom stereocenters. The quantitative estimate of drug-likeness (QED) is 0.0169. The summed E-state index contributed by atoms with van der Waals surface area (Å²) in [7, 11) is -10.0. The highest BCUT2D eigenvalue weighted by molar-refractivity contribution is 7.47. The molecule has 17 nitrogen and oxygen atoms in total. The number of aliphatic hydroxyl groups is 1. The average Bonchev–Trinajstić information content (AvgIpc) is 0.907. The molecule has 600 valence electrons. The van der Waals surface area contributed by atoms with Gasteiger partial charge < -0.3 is 33.8 Å². The SMILES string of the molecule is CC/C=C\C/C=C\C/C=C\C/C=C\C/C=C\CCCCCC(=O)OCC(COP(=O)(O)OCC(O)COP(=O)(O)OCC(COC(=O)CCCCCC/C=C\C/C=C\C/C=C\C/C=C\CC)OC(=O)CCCCCCC/C=C\CCCCCC)OC(=O)CCC/C=C\C/C=C\C/C=C\C/C=C\C/C=C\CC. The molecule has 0 aromatic heterocycles. The van der Waals surface area contributed by atoms with Crippen molar-refractivity contribution in [3.05, 3.63) is 182 Å². The van der Waals surface area contributed by atoms with Gasteiger partial charge in [0.15, 0.2) is 12.2 Å². The van der Waals surface area contributed by atoms with E-state index < -0.39 is 97.5 Å². The fourth-order valence-corrected chi connectivity index (χ4v) is 11.4. The number of allylic oxidation sites excluding steroid dienone is 30. The maximum absolute atomic E-state index is 13.1. The third-order valence-electron chi connectivity index (χ3n) is 15.8. The first-order valence-electron chi connectivity index (χ1n) is 40.0. The number of aliphatic hydroxyl groups excluding tert-OH is 1. The highest BCUT2D eigenvalue weighted by Crippen LogP contribution is 2.45. The number of carbonyl (C=O) groups is 4. The number of ether oxygens (including phenoxy) is 4. The second-order valence-corrected chi connectivity index (χ2v) is 28.8. The maximum Gasteiger partial charge on any atom is 0.472 e. The number of esters is 4. The van der Waals surface area contributed by atoms with Crippen molar-refractivity contribution in [2.75, 3.05) is 39.6 Å². The molecule has 0 aliphatic carbocycles. The number of carbonyl (C=O) groups excluding carboxylic acids is 4. The van der Waals surface area contributed by atoms with E-state index in [1.165, 1.54) is 25.7 Å². The fraction of sp³-hybridized carbons (Fsp3) is 0.609. The Morgan fingerprint density at radius 1 is 0.274 bits per heavy atom. The summed E-state index contributed by atoms with van der Waals surface area (Å²) in [4.78, 5) is 73.0. The van der Waals surface area contributed by atoms with Gasteiger partial charge in [0.05, 0.1) is 26.4 Å². The van der Waals surface area contributed by atoms with Crippen molar-refractivity contribution in [3.63, 3.8) is 0 Å². The minimum atomic E-state index is -5.01. The van der Waals surface area contributed by atoms with Crippen LogP contribution in [0.5, 0.6) is 0 Å². The number of unbranched alkanes of at least 4 members (excludes halogenated alkanes) is 17. The molecule has 0 rings (SSSR count). The van der Waals surface area contributed by atoms with Crippen molar-refractivity contribution in [2.24, 2.45) is 0 Å². The van der Waals surface area contributed by atoms with Gasteiger partial charge in [0.1, 0.15) is 19.3 Å². The van der Waals surface area contributed by atoms with E-state index in [4.69, 9.17) is 37.0 Å². The Morgan fingerprint density at radius 3 is 0.811 bits per heavy atom. The van der Waals surface area contributed by atoms with E-state index in [9.17, 15) is 43.2 Å². The van der Waals surface area contributed by atoms with Crippen LogP contribution in [0.15, 0.2) is 182 Å². The minimum absolute atomic E-state index is 0.00120. The molecule has 3 N–H and O–H groups in total. The van der Waals surface area contributed by atoms with Crippen molar-refractivity contribution in [1.29, 1.82) is 0 Å². The van der Waals surface area contributed by atoms with Crippen molar-refractivity contribution in [1.82, 2.24) is 0 Å². The van der Waals surface area contributed by atoms with Crippen molar-refractivity contribution >= 4 is 39.5 Å². The van der Waals surface area contributed by atoms with Gasteiger partial charge in [0, 0.05) is 25.7 Å². The first kappa shape index (κ1) is 100. The van der Waals surface area contributed by atoms with Gasteiger partial charge in [0.2, 0.25) is 0 Å². The third kappa shape index (κ3) is 76.4. The van der Waals surface area contributed by atoms with Crippen LogP contribution in [0.25, 0.3) is 0 Å². The number of hydrogen-bond donors (Lipinski definition) is 3. The molecule has 0 heterocycles. The molecule has 0 aromatic carbocycles. The first-order valence-corrected chi connectivity index (χ1v) is 43.0. The van der Waals surface area contributed by atoms with E-state index in [1.54, 1.807) is 0 Å². The fourth-order valence-electron chi connectivity index (χ4n) is 9.85. The molecule has 0 aliphatic rings. The van der Waals surface area contributed by atoms with E-state index in [0.29, 0.717) is 32.1 Å². The Labute approximate surface area is 641 Å². The van der Waals surface area contributed by atoms with Gasteiger partial charge >= 0.3 is 39.5 Å². The average molecular weight is 1520 g/mol. The standard InChI is InChI=1S/C87H140O17P2/c1-5-9-13-17-21-25-29-33-36-39-40-43-45-49-52-56-60-64-68-72-85(90)98-78-83(104-87(92)74-70-66-62-58-54-50-46-42-38-35-31-27-23-19-15-11-7-3)80-102-106(95,96)100-76-81(88)75-99-105(93,94)101-79-82(103-86(91)73-69-65-61-57-53-47-32-28-24-20-16-12-8-4)77-97-84(89)71-67-63-59-55-51-48-44-41-37-34-30-26-22-18-14-10-6-2/h9-11,13-15,21-23,25-28,32-38,40,43-44,46,48-50,52,58,62,81-83,88H,5-8,12,16-20,24,29-31,39,41-42,45,47,51,53-57,59-61,63-80H2,1-4H3,(H,93,94)(H,95,96)/b13-9-,14-10-,15-11-,25-21-,26-22-,27-23-,32-28-,36-33-,37-34-,38-35-,43-40-,48-44-,50-46-,52-49-,62-58-. The molecule has 0 saturated heterocycles. The van der Waals surface area contributed by atoms with Gasteiger partial charge in [-0.05, 0) is 173 Å². The third-order valence-corrected chi connectivity index (χ3v) is 17.7. The van der Waals surface area contributed by atoms with Crippen LogP contribution in [0.4, 0.5) is 0 Å². The zero-order chi connectivity index (χ0) is 77.4. The molecule has 106 heavy (non-hydrogen) atoms. The lowest BCUT2D eigenvalue weighted by Gasteiger charge is -2.21. The zero-order valence-electron chi connectivity index (χ0n) is 65.5. The lowest BCUT2D eigenvalue weighted by Crippen LogP contribution is -2.30. The minimum Gasteiger partial charge on any atom is -0.462 e. The largest absolute Gasteiger partial charge is 0.472 e. The summed E-state index contributed by atoms with van der Waals surface area (Å²) in [5.41, 5.74) is 0. The molecule has 0 saturated carbocycles. The van der Waals surface area contributed by atoms with Crippen LogP contribution in [-0.4, -0.2) is 96.7 Å². The summed E-state index contributed by atoms with van der Waals surface area (Å²) in [6.07, 6.45) is 93.1. The summed E-state index contributed by atoms with van der Waals surface area (Å²) in [6.45, 7) is 4.36. The van der Waals surface area contributed by atoms with E-state index in [2.05, 4.69) is 198 Å². The summed E-state index contributed by atoms with van der Waals surface area (Å²) in [5, 5.41) is 10.6. The van der Waals surface area contributed by atoms with Crippen LogP contribution in [0, 0.1) is 0 Å². The van der Waals surface area contributed by atoms with Crippen LogP contribution < -0.4 is 0 Å². The first-order chi connectivity index (χ1) is 51.7. The Kier molecular flexibility index (Phi) is 73.1. The molecule has 5 atom stereocenters. The molecule has 0 aromatic rings. The van der Waals surface area contributed by atoms with E-state index in [1.807, 2.05) is 12.2 Å². The summed E-state index contributed by atoms with van der Waals surface area (Å²) in [6, 6.07) is 0. The van der Waals surface area contributed by atoms with Crippen LogP contribution >= 0.6 is 15.6 Å². The number of rotatable bonds is 73.